The van der Waals surface area contributed by atoms with E-state index in [0.717, 1.165) is 0 Å². The third kappa shape index (κ3) is 1.41. The highest BCUT2D eigenvalue weighted by Crippen LogP contribution is 2.34. The first-order valence-electron chi connectivity index (χ1n) is 4.27. The number of benzene rings is 1. The number of rotatable bonds is 2. The Kier molecular flexibility index (Phi) is 2.01. The zero-order chi connectivity index (χ0) is 9.10. The lowest BCUT2D eigenvalue weighted by Gasteiger charge is -2.24. The van der Waals surface area contributed by atoms with Crippen molar-refractivity contribution < 1.29 is 0 Å². The molecule has 1 aromatic rings. The first kappa shape index (κ1) is 7.87. The van der Waals surface area contributed by atoms with Gasteiger partial charge in [-0.15, -0.1) is 0 Å². The standard InChI is InChI=1S/C12H11N/c1-2-3-4-8-11-10-7-5-6-9-12(10)13-11/h2-9,13H,1H2/b4-3-,11-8-. The van der Waals surface area contributed by atoms with Crippen LogP contribution in [-0.4, -0.2) is 0 Å². The molecule has 0 saturated carbocycles. The van der Waals surface area contributed by atoms with Crippen LogP contribution in [-0.2, 0) is 0 Å². The van der Waals surface area contributed by atoms with Gasteiger partial charge >= 0.3 is 0 Å². The summed E-state index contributed by atoms with van der Waals surface area (Å²) in [4.78, 5) is 0. The fourth-order valence-corrected chi connectivity index (χ4v) is 1.34. The average molecular weight is 169 g/mol. The largest absolute Gasteiger partial charge is 0.354 e. The summed E-state index contributed by atoms with van der Waals surface area (Å²) in [7, 11) is 0. The normalized spacial score (nSPS) is 16.5. The monoisotopic (exact) mass is 169 g/mol. The molecule has 0 bridgehead atoms. The molecule has 0 saturated heterocycles. The molecule has 0 unspecified atom stereocenters. The predicted octanol–water partition coefficient (Wildman–Crippen LogP) is 3.20. The summed E-state index contributed by atoms with van der Waals surface area (Å²) in [5.41, 5.74) is 3.67. The molecule has 0 atom stereocenters. The molecule has 1 N–H and O–H groups in total. The summed E-state index contributed by atoms with van der Waals surface area (Å²) in [5.74, 6) is 0. The molecule has 0 radical (unpaired) electrons. The Balaban J connectivity index is 2.21. The minimum absolute atomic E-state index is 1.17. The molecule has 0 aliphatic carbocycles. The van der Waals surface area contributed by atoms with E-state index in [-0.39, 0.29) is 0 Å². The Bertz CT molecular complexity index is 386. The molecule has 0 spiro atoms. The molecule has 1 aromatic carbocycles. The smallest absolute Gasteiger partial charge is 0.0479 e. The molecule has 1 aliphatic rings. The van der Waals surface area contributed by atoms with E-state index in [1.807, 2.05) is 30.4 Å². The van der Waals surface area contributed by atoms with Crippen LogP contribution in [0.3, 0.4) is 0 Å². The van der Waals surface area contributed by atoms with E-state index in [4.69, 9.17) is 0 Å². The van der Waals surface area contributed by atoms with Crippen LogP contribution in [0.1, 0.15) is 5.56 Å². The predicted molar refractivity (Wildman–Crippen MR) is 57.4 cm³/mol. The van der Waals surface area contributed by atoms with Crippen LogP contribution < -0.4 is 5.32 Å². The first-order valence-corrected chi connectivity index (χ1v) is 4.27. The fourth-order valence-electron chi connectivity index (χ4n) is 1.34. The Morgan fingerprint density at radius 3 is 2.77 bits per heavy atom. The molecule has 64 valence electrons. The van der Waals surface area contributed by atoms with Crippen molar-refractivity contribution >= 4 is 11.4 Å². The van der Waals surface area contributed by atoms with E-state index in [2.05, 4.69) is 24.0 Å². The second kappa shape index (κ2) is 3.31. The van der Waals surface area contributed by atoms with Crippen molar-refractivity contribution in [2.24, 2.45) is 0 Å². The Labute approximate surface area is 78.1 Å². The number of para-hydroxylation sites is 1. The van der Waals surface area contributed by atoms with Crippen LogP contribution >= 0.6 is 0 Å². The summed E-state index contributed by atoms with van der Waals surface area (Å²) in [6.45, 7) is 3.61. The lowest BCUT2D eigenvalue weighted by atomic mass is 10.0. The van der Waals surface area contributed by atoms with E-state index in [1.165, 1.54) is 16.9 Å². The van der Waals surface area contributed by atoms with Crippen LogP contribution in [0.2, 0.25) is 0 Å². The SMILES string of the molecule is C=C/C=C\C=C1/Nc2ccccc21. The van der Waals surface area contributed by atoms with Gasteiger partial charge in [0.2, 0.25) is 0 Å². The van der Waals surface area contributed by atoms with E-state index < -0.39 is 0 Å². The highest BCUT2D eigenvalue weighted by atomic mass is 15.0. The number of anilines is 1. The van der Waals surface area contributed by atoms with Crippen molar-refractivity contribution in [1.82, 2.24) is 0 Å². The number of hydrogen-bond acceptors (Lipinski definition) is 1. The van der Waals surface area contributed by atoms with Crippen molar-refractivity contribution in [2.75, 3.05) is 5.32 Å². The summed E-state index contributed by atoms with van der Waals surface area (Å²) in [6, 6.07) is 8.26. The maximum Gasteiger partial charge on any atom is 0.0479 e. The molecule has 2 rings (SSSR count). The van der Waals surface area contributed by atoms with Crippen molar-refractivity contribution in [3.8, 4) is 0 Å². The van der Waals surface area contributed by atoms with Gasteiger partial charge in [0.15, 0.2) is 0 Å². The average Bonchev–Trinajstić information content (AvgIpc) is 2.13. The van der Waals surface area contributed by atoms with Crippen molar-refractivity contribution in [2.45, 2.75) is 0 Å². The Morgan fingerprint density at radius 1 is 1.15 bits per heavy atom. The highest BCUT2D eigenvalue weighted by Gasteiger charge is 2.15. The van der Waals surface area contributed by atoms with Gasteiger partial charge in [0.1, 0.15) is 0 Å². The van der Waals surface area contributed by atoms with Crippen LogP contribution in [0.25, 0.3) is 5.70 Å². The van der Waals surface area contributed by atoms with Gasteiger partial charge in [-0.25, -0.2) is 0 Å². The van der Waals surface area contributed by atoms with Gasteiger partial charge in [-0.1, -0.05) is 43.0 Å². The van der Waals surface area contributed by atoms with Gasteiger partial charge in [0.05, 0.1) is 0 Å². The molecule has 1 nitrogen and oxygen atoms in total. The van der Waals surface area contributed by atoms with Crippen molar-refractivity contribution in [3.63, 3.8) is 0 Å². The molecular formula is C12H11N. The third-order valence-electron chi connectivity index (χ3n) is 2.00. The van der Waals surface area contributed by atoms with Crippen LogP contribution in [0.15, 0.2) is 55.1 Å². The zero-order valence-electron chi connectivity index (χ0n) is 7.33. The minimum atomic E-state index is 1.17. The van der Waals surface area contributed by atoms with E-state index in [0.29, 0.717) is 0 Å². The zero-order valence-corrected chi connectivity index (χ0v) is 7.33. The first-order chi connectivity index (χ1) is 6.42. The topological polar surface area (TPSA) is 12.0 Å². The van der Waals surface area contributed by atoms with E-state index in [1.54, 1.807) is 6.08 Å². The summed E-state index contributed by atoms with van der Waals surface area (Å²) < 4.78 is 0. The van der Waals surface area contributed by atoms with Gasteiger partial charge in [-0.3, -0.25) is 0 Å². The quantitative estimate of drug-likeness (QED) is 0.670. The summed E-state index contributed by atoms with van der Waals surface area (Å²) >= 11 is 0. The lowest BCUT2D eigenvalue weighted by molar-refractivity contribution is 1.43. The van der Waals surface area contributed by atoms with E-state index >= 15 is 0 Å². The second-order valence-electron chi connectivity index (χ2n) is 2.87. The summed E-state index contributed by atoms with van der Waals surface area (Å²) in [5, 5.41) is 3.26. The maximum absolute atomic E-state index is 3.61. The fraction of sp³-hybridized carbons (Fsp3) is 0. The second-order valence-corrected chi connectivity index (χ2v) is 2.87. The maximum atomic E-state index is 3.61. The number of nitrogens with one attached hydrogen (secondary N) is 1. The van der Waals surface area contributed by atoms with Gasteiger partial charge in [-0.05, 0) is 12.1 Å². The number of hydrogen-bond donors (Lipinski definition) is 1. The van der Waals surface area contributed by atoms with E-state index in [9.17, 15) is 0 Å². The van der Waals surface area contributed by atoms with Crippen molar-refractivity contribution in [3.05, 3.63) is 60.7 Å². The van der Waals surface area contributed by atoms with Gasteiger partial charge in [-0.2, -0.15) is 0 Å². The Morgan fingerprint density at radius 2 is 2.00 bits per heavy atom. The van der Waals surface area contributed by atoms with Crippen LogP contribution in [0.4, 0.5) is 5.69 Å². The van der Waals surface area contributed by atoms with Gasteiger partial charge in [0.25, 0.3) is 0 Å². The molecule has 0 amide bonds. The number of allylic oxidation sites excluding steroid dienone is 4. The molecule has 1 aliphatic heterocycles. The van der Waals surface area contributed by atoms with Gasteiger partial charge < -0.3 is 5.32 Å². The molecule has 1 heterocycles. The minimum Gasteiger partial charge on any atom is -0.354 e. The summed E-state index contributed by atoms with van der Waals surface area (Å²) in [6.07, 6.45) is 7.70. The highest BCUT2D eigenvalue weighted by molar-refractivity contribution is 5.94. The van der Waals surface area contributed by atoms with Crippen LogP contribution in [0.5, 0.6) is 0 Å². The third-order valence-corrected chi connectivity index (χ3v) is 2.00. The molecule has 0 aromatic heterocycles. The Hall–Kier alpha value is -1.76. The molecule has 0 fully saturated rings. The molecule has 1 heteroatoms. The van der Waals surface area contributed by atoms with Gasteiger partial charge in [0, 0.05) is 16.9 Å². The van der Waals surface area contributed by atoms with Crippen LogP contribution in [0, 0.1) is 0 Å². The molecular weight excluding hydrogens is 158 g/mol. The number of fused-ring (bicyclic) bond motifs is 1. The molecule has 13 heavy (non-hydrogen) atoms. The van der Waals surface area contributed by atoms with Crippen molar-refractivity contribution in [1.29, 1.82) is 0 Å². The lowest BCUT2D eigenvalue weighted by Crippen LogP contribution is -2.11.